The van der Waals surface area contributed by atoms with Gasteiger partial charge in [-0.25, -0.2) is 4.57 Å². The van der Waals surface area contributed by atoms with Gasteiger partial charge in [0.25, 0.3) is 0 Å². The number of hydrogen-bond acceptors (Lipinski definition) is 6. The second-order valence-corrected chi connectivity index (χ2v) is 7.88. The van der Waals surface area contributed by atoms with E-state index in [9.17, 15) is 13.0 Å². The zero-order valence-corrected chi connectivity index (χ0v) is 12.4. The fourth-order valence-corrected chi connectivity index (χ4v) is 4.31. The number of phosphoric ester groups is 1. The molecule has 104 valence electrons. The van der Waals surface area contributed by atoms with Gasteiger partial charge in [0.1, 0.15) is 12.2 Å². The van der Waals surface area contributed by atoms with Crippen LogP contribution in [0, 0.1) is 0 Å². The van der Waals surface area contributed by atoms with Crippen molar-refractivity contribution in [3.05, 3.63) is 24.0 Å². The van der Waals surface area contributed by atoms with Gasteiger partial charge in [-0.1, -0.05) is 13.2 Å². The lowest BCUT2D eigenvalue weighted by atomic mass is 10.3. The normalized spacial score (nSPS) is 34.9. The van der Waals surface area contributed by atoms with Crippen LogP contribution >= 0.6 is 7.82 Å². The highest BCUT2D eigenvalue weighted by Crippen LogP contribution is 2.56. The lowest BCUT2D eigenvalue weighted by molar-refractivity contribution is 0.193. The molecule has 18 heavy (non-hydrogen) atoms. The van der Waals surface area contributed by atoms with Gasteiger partial charge in [0.2, 0.25) is 0 Å². The van der Waals surface area contributed by atoms with Crippen LogP contribution in [0.25, 0.3) is 0 Å². The van der Waals surface area contributed by atoms with E-state index >= 15 is 0 Å². The quantitative estimate of drug-likeness (QED) is 0.659. The van der Waals surface area contributed by atoms with Gasteiger partial charge in [-0.3, -0.25) is 22.0 Å². The van der Waals surface area contributed by atoms with Gasteiger partial charge in [-0.05, 0) is 10.8 Å². The molecule has 4 atom stereocenters. The van der Waals surface area contributed by atoms with Gasteiger partial charge in [0.05, 0.1) is 11.5 Å². The molecule has 0 radical (unpaired) electrons. The Balaban J connectivity index is 2.79. The predicted octanol–water partition coefficient (Wildman–Crippen LogP) is 1.31. The first-order chi connectivity index (χ1) is 8.44. The molecule has 1 aliphatic rings. The van der Waals surface area contributed by atoms with Crippen LogP contribution in [0.15, 0.2) is 24.0 Å². The summed E-state index contributed by atoms with van der Waals surface area (Å²) in [6.45, 7) is 6.78. The Morgan fingerprint density at radius 1 is 1.17 bits per heavy atom. The SMILES string of the molecule is C=CS(=O)CC1OP(=O)(OC)OC1CS(=O)C=C. The fourth-order valence-electron chi connectivity index (χ4n) is 1.31. The van der Waals surface area contributed by atoms with Crippen molar-refractivity contribution in [1.82, 2.24) is 0 Å². The first kappa shape index (κ1) is 15.9. The van der Waals surface area contributed by atoms with Crippen molar-refractivity contribution in [2.45, 2.75) is 12.2 Å². The van der Waals surface area contributed by atoms with Crippen LogP contribution in [-0.2, 0) is 39.7 Å². The van der Waals surface area contributed by atoms with E-state index in [4.69, 9.17) is 9.05 Å². The Labute approximate surface area is 111 Å². The van der Waals surface area contributed by atoms with Gasteiger partial charge in [-0.2, -0.15) is 0 Å². The third-order valence-electron chi connectivity index (χ3n) is 2.20. The van der Waals surface area contributed by atoms with Crippen molar-refractivity contribution in [1.29, 1.82) is 0 Å². The molecule has 4 unspecified atom stereocenters. The maximum absolute atomic E-state index is 11.8. The van der Waals surface area contributed by atoms with E-state index in [1.807, 2.05) is 0 Å². The molecule has 0 bridgehead atoms. The molecule has 1 fully saturated rings. The average molecular weight is 314 g/mol. The molecule has 6 nitrogen and oxygen atoms in total. The average Bonchev–Trinajstić information content (AvgIpc) is 2.66. The van der Waals surface area contributed by atoms with Crippen LogP contribution in [0.2, 0.25) is 0 Å². The van der Waals surface area contributed by atoms with Crippen molar-refractivity contribution >= 4 is 29.4 Å². The molecule has 0 aromatic carbocycles. The molecule has 0 saturated carbocycles. The lowest BCUT2D eigenvalue weighted by Gasteiger charge is -2.12. The standard InChI is InChI=1S/C9H15O6PS2/c1-4-17(11)6-8-9(7-18(12)5-2)15-16(10,13-3)14-8/h4-5,8-9H,1-2,6-7H2,3H3. The van der Waals surface area contributed by atoms with Crippen LogP contribution < -0.4 is 0 Å². The summed E-state index contributed by atoms with van der Waals surface area (Å²) in [5.74, 6) is 0.131. The van der Waals surface area contributed by atoms with Gasteiger partial charge in [0, 0.05) is 28.7 Å². The van der Waals surface area contributed by atoms with E-state index < -0.39 is 41.6 Å². The van der Waals surface area contributed by atoms with Crippen LogP contribution in [-0.4, -0.2) is 39.2 Å². The Morgan fingerprint density at radius 3 is 1.83 bits per heavy atom. The summed E-state index contributed by atoms with van der Waals surface area (Å²) in [4.78, 5) is 0. The Morgan fingerprint density at radius 2 is 1.56 bits per heavy atom. The maximum atomic E-state index is 11.8. The predicted molar refractivity (Wildman–Crippen MR) is 70.8 cm³/mol. The summed E-state index contributed by atoms with van der Waals surface area (Å²) in [7, 11) is -5.11. The molecule has 9 heteroatoms. The van der Waals surface area contributed by atoms with E-state index in [1.54, 1.807) is 0 Å². The lowest BCUT2D eigenvalue weighted by Crippen LogP contribution is -2.32. The smallest absolute Gasteiger partial charge is 0.290 e. The molecule has 0 spiro atoms. The van der Waals surface area contributed by atoms with Crippen LogP contribution in [0.3, 0.4) is 0 Å². The summed E-state index contributed by atoms with van der Waals surface area (Å²) >= 11 is 0. The highest BCUT2D eigenvalue weighted by molar-refractivity contribution is 7.88. The molecule has 0 amide bonds. The second kappa shape index (κ2) is 6.88. The molecule has 1 rings (SSSR count). The number of rotatable bonds is 7. The summed E-state index contributed by atoms with van der Waals surface area (Å²) < 4.78 is 49.5. The van der Waals surface area contributed by atoms with Crippen molar-refractivity contribution in [2.24, 2.45) is 0 Å². The molecule has 1 heterocycles. The summed E-state index contributed by atoms with van der Waals surface area (Å²) in [6, 6.07) is 0. The Hall–Kier alpha value is -0.110. The minimum atomic E-state index is -3.63. The van der Waals surface area contributed by atoms with Gasteiger partial charge < -0.3 is 0 Å². The van der Waals surface area contributed by atoms with Crippen molar-refractivity contribution in [2.75, 3.05) is 18.6 Å². The maximum Gasteiger partial charge on any atom is 0.475 e. The summed E-state index contributed by atoms with van der Waals surface area (Å²) in [5, 5.41) is 2.50. The fraction of sp³-hybridized carbons (Fsp3) is 0.556. The minimum absolute atomic E-state index is 0.0653. The highest BCUT2D eigenvalue weighted by atomic mass is 32.2. The van der Waals surface area contributed by atoms with Crippen molar-refractivity contribution in [3.8, 4) is 0 Å². The van der Waals surface area contributed by atoms with E-state index in [1.165, 1.54) is 17.9 Å². The zero-order chi connectivity index (χ0) is 13.8. The van der Waals surface area contributed by atoms with E-state index in [2.05, 4.69) is 17.7 Å². The molecule has 0 N–H and O–H groups in total. The molecule has 0 aliphatic carbocycles. The van der Waals surface area contributed by atoms with E-state index in [-0.39, 0.29) is 11.5 Å². The Kier molecular flexibility index (Phi) is 6.10. The summed E-state index contributed by atoms with van der Waals surface area (Å²) in [5.41, 5.74) is 0. The first-order valence-electron chi connectivity index (χ1n) is 4.96. The molecular weight excluding hydrogens is 299 g/mol. The number of phosphoric acid groups is 1. The van der Waals surface area contributed by atoms with E-state index in [0.717, 1.165) is 0 Å². The van der Waals surface area contributed by atoms with Gasteiger partial charge >= 0.3 is 7.82 Å². The topological polar surface area (TPSA) is 78.9 Å². The van der Waals surface area contributed by atoms with Crippen molar-refractivity contribution in [3.63, 3.8) is 0 Å². The molecule has 1 saturated heterocycles. The highest BCUT2D eigenvalue weighted by Gasteiger charge is 2.46. The summed E-state index contributed by atoms with van der Waals surface area (Å²) in [6.07, 6.45) is -1.42. The van der Waals surface area contributed by atoms with Gasteiger partial charge in [0.15, 0.2) is 0 Å². The first-order valence-corrected chi connectivity index (χ1v) is 9.18. The number of hydrogen-bond donors (Lipinski definition) is 0. The van der Waals surface area contributed by atoms with Crippen molar-refractivity contribution < 1.29 is 26.6 Å². The van der Waals surface area contributed by atoms with Gasteiger partial charge in [-0.15, -0.1) is 0 Å². The van der Waals surface area contributed by atoms with Crippen LogP contribution in [0.1, 0.15) is 0 Å². The molecular formula is C9H15O6PS2. The molecule has 1 aliphatic heterocycles. The Bertz CT molecular complexity index is 389. The minimum Gasteiger partial charge on any atom is -0.290 e. The molecule has 0 aromatic rings. The monoisotopic (exact) mass is 314 g/mol. The third-order valence-corrected chi connectivity index (χ3v) is 5.76. The zero-order valence-electron chi connectivity index (χ0n) is 9.85. The van der Waals surface area contributed by atoms with Crippen LogP contribution in [0.5, 0.6) is 0 Å². The molecule has 0 aromatic heterocycles. The second-order valence-electron chi connectivity index (χ2n) is 3.35. The largest absolute Gasteiger partial charge is 0.475 e. The van der Waals surface area contributed by atoms with E-state index in [0.29, 0.717) is 0 Å². The third kappa shape index (κ3) is 4.22. The van der Waals surface area contributed by atoms with Crippen LogP contribution in [0.4, 0.5) is 0 Å².